The van der Waals surface area contributed by atoms with Gasteiger partial charge in [-0.15, -0.1) is 0 Å². The Kier molecular flexibility index (Phi) is 4.65. The minimum atomic E-state index is -0.598. The number of hydrogen-bond donors (Lipinski definition) is 0. The Morgan fingerprint density at radius 1 is 1.04 bits per heavy atom. The van der Waals surface area contributed by atoms with Crippen LogP contribution in [0.5, 0.6) is 0 Å². The number of imide groups is 1. The van der Waals surface area contributed by atoms with Crippen molar-refractivity contribution in [2.45, 2.75) is 26.7 Å². The van der Waals surface area contributed by atoms with Gasteiger partial charge >= 0.3 is 5.97 Å². The van der Waals surface area contributed by atoms with E-state index in [2.05, 4.69) is 0 Å². The summed E-state index contributed by atoms with van der Waals surface area (Å²) in [5, 5.41) is 0.575. The molecule has 128 valence electrons. The van der Waals surface area contributed by atoms with Crippen LogP contribution in [0.4, 0.5) is 0 Å². The van der Waals surface area contributed by atoms with Crippen LogP contribution < -0.4 is 0 Å². The summed E-state index contributed by atoms with van der Waals surface area (Å²) in [6, 6.07) is 14.3. The van der Waals surface area contributed by atoms with Crippen molar-refractivity contribution in [3.8, 4) is 0 Å². The minimum Gasteiger partial charge on any atom is -0.329 e. The van der Waals surface area contributed by atoms with Crippen molar-refractivity contribution < 1.29 is 19.2 Å². The molecular weight excluding hydrogens is 318 g/mol. The van der Waals surface area contributed by atoms with Crippen molar-refractivity contribution >= 4 is 17.8 Å². The second kappa shape index (κ2) is 6.89. The number of hydroxylamine groups is 2. The van der Waals surface area contributed by atoms with Gasteiger partial charge in [0.1, 0.15) is 0 Å². The Bertz CT molecular complexity index is 808. The average Bonchev–Trinajstić information content (AvgIpc) is 2.85. The van der Waals surface area contributed by atoms with Gasteiger partial charge in [-0.1, -0.05) is 53.9 Å². The SMILES string of the molecule is CCC(Cc1cccc(C)c1)C(=O)ON1C(=O)c2ccccc2C1=O. The molecule has 0 aromatic heterocycles. The standard InChI is InChI=1S/C20H19NO4/c1-3-15(12-14-8-6-7-13(2)11-14)20(24)25-21-18(22)16-9-4-5-10-17(16)19(21)23/h4-11,15H,3,12H2,1-2H3. The summed E-state index contributed by atoms with van der Waals surface area (Å²) < 4.78 is 0. The van der Waals surface area contributed by atoms with E-state index in [1.54, 1.807) is 24.3 Å². The number of fused-ring (bicyclic) bond motifs is 1. The quantitative estimate of drug-likeness (QED) is 0.785. The minimum absolute atomic E-state index is 0.257. The number of rotatable bonds is 5. The van der Waals surface area contributed by atoms with Gasteiger partial charge in [0.25, 0.3) is 11.8 Å². The molecule has 2 aromatic rings. The van der Waals surface area contributed by atoms with Crippen molar-refractivity contribution in [3.05, 3.63) is 70.8 Å². The van der Waals surface area contributed by atoms with E-state index in [1.165, 1.54) is 0 Å². The summed E-state index contributed by atoms with van der Waals surface area (Å²) in [5.41, 5.74) is 2.64. The molecule has 0 fully saturated rings. The number of carbonyl (C=O) groups is 3. The van der Waals surface area contributed by atoms with Crippen LogP contribution in [-0.4, -0.2) is 22.8 Å². The van der Waals surface area contributed by atoms with Crippen molar-refractivity contribution in [1.82, 2.24) is 5.06 Å². The molecule has 5 heteroatoms. The lowest BCUT2D eigenvalue weighted by Crippen LogP contribution is -2.35. The number of amides is 2. The monoisotopic (exact) mass is 337 g/mol. The second-order valence-electron chi connectivity index (χ2n) is 6.16. The highest BCUT2D eigenvalue weighted by Crippen LogP contribution is 2.24. The number of aryl methyl sites for hydroxylation is 1. The van der Waals surface area contributed by atoms with Crippen molar-refractivity contribution in [2.24, 2.45) is 5.92 Å². The van der Waals surface area contributed by atoms with Crippen LogP contribution in [0, 0.1) is 12.8 Å². The fraction of sp³-hybridized carbons (Fsp3) is 0.250. The van der Waals surface area contributed by atoms with Crippen molar-refractivity contribution in [3.63, 3.8) is 0 Å². The van der Waals surface area contributed by atoms with Crippen LogP contribution in [0.15, 0.2) is 48.5 Å². The third-order valence-corrected chi connectivity index (χ3v) is 4.33. The fourth-order valence-electron chi connectivity index (χ4n) is 2.93. The highest BCUT2D eigenvalue weighted by atomic mass is 16.7. The first-order valence-corrected chi connectivity index (χ1v) is 8.26. The van der Waals surface area contributed by atoms with Gasteiger partial charge in [0.2, 0.25) is 0 Å². The Labute approximate surface area is 146 Å². The lowest BCUT2D eigenvalue weighted by Gasteiger charge is -2.18. The van der Waals surface area contributed by atoms with E-state index >= 15 is 0 Å². The predicted octanol–water partition coefficient (Wildman–Crippen LogP) is 3.32. The average molecular weight is 337 g/mol. The third kappa shape index (κ3) is 3.31. The molecule has 0 saturated heterocycles. The molecular formula is C20H19NO4. The second-order valence-corrected chi connectivity index (χ2v) is 6.16. The molecule has 0 spiro atoms. The Hall–Kier alpha value is -2.95. The Morgan fingerprint density at radius 3 is 2.24 bits per heavy atom. The first-order valence-electron chi connectivity index (χ1n) is 8.26. The Morgan fingerprint density at radius 2 is 1.68 bits per heavy atom. The first-order chi connectivity index (χ1) is 12.0. The van der Waals surface area contributed by atoms with Gasteiger partial charge in [0.05, 0.1) is 17.0 Å². The van der Waals surface area contributed by atoms with Crippen LogP contribution in [0.25, 0.3) is 0 Å². The van der Waals surface area contributed by atoms with E-state index in [-0.39, 0.29) is 11.1 Å². The third-order valence-electron chi connectivity index (χ3n) is 4.33. The molecule has 0 saturated carbocycles. The van der Waals surface area contributed by atoms with Crippen molar-refractivity contribution in [2.75, 3.05) is 0 Å². The molecule has 1 heterocycles. The van der Waals surface area contributed by atoms with Crippen LogP contribution in [0.3, 0.4) is 0 Å². The summed E-state index contributed by atoms with van der Waals surface area (Å²) in [6.07, 6.45) is 1.05. The molecule has 2 aromatic carbocycles. The van der Waals surface area contributed by atoms with E-state index in [4.69, 9.17) is 4.84 Å². The fourth-order valence-corrected chi connectivity index (χ4v) is 2.93. The Balaban J connectivity index is 1.73. The van der Waals surface area contributed by atoms with Gasteiger partial charge < -0.3 is 4.84 Å². The van der Waals surface area contributed by atoms with E-state index in [0.717, 1.165) is 11.1 Å². The molecule has 1 atom stereocenters. The van der Waals surface area contributed by atoms with E-state index < -0.39 is 23.7 Å². The maximum absolute atomic E-state index is 12.5. The predicted molar refractivity (Wildman–Crippen MR) is 91.7 cm³/mol. The van der Waals surface area contributed by atoms with Gasteiger partial charge in [-0.3, -0.25) is 9.59 Å². The number of benzene rings is 2. The molecule has 0 N–H and O–H groups in total. The van der Waals surface area contributed by atoms with Gasteiger partial charge in [0.15, 0.2) is 0 Å². The van der Waals surface area contributed by atoms with Crippen LogP contribution in [0.2, 0.25) is 0 Å². The van der Waals surface area contributed by atoms with Crippen LogP contribution >= 0.6 is 0 Å². The summed E-state index contributed by atoms with van der Waals surface area (Å²) in [7, 11) is 0. The normalized spacial score (nSPS) is 14.4. The molecule has 1 aliphatic rings. The summed E-state index contributed by atoms with van der Waals surface area (Å²) in [4.78, 5) is 42.2. The zero-order valence-electron chi connectivity index (χ0n) is 14.2. The number of hydrogen-bond acceptors (Lipinski definition) is 4. The molecule has 25 heavy (non-hydrogen) atoms. The molecule has 1 aliphatic heterocycles. The number of nitrogens with zero attached hydrogens (tertiary/aromatic N) is 1. The van der Waals surface area contributed by atoms with Gasteiger partial charge in [-0.2, -0.15) is 0 Å². The maximum Gasteiger partial charge on any atom is 0.336 e. The molecule has 0 bridgehead atoms. The lowest BCUT2D eigenvalue weighted by atomic mass is 9.96. The molecule has 5 nitrogen and oxygen atoms in total. The van der Waals surface area contributed by atoms with Gasteiger partial charge in [0, 0.05) is 0 Å². The molecule has 2 amide bonds. The summed E-state index contributed by atoms with van der Waals surface area (Å²) in [6.45, 7) is 3.87. The van der Waals surface area contributed by atoms with E-state index in [9.17, 15) is 14.4 Å². The van der Waals surface area contributed by atoms with Crippen LogP contribution in [-0.2, 0) is 16.1 Å². The smallest absolute Gasteiger partial charge is 0.329 e. The largest absolute Gasteiger partial charge is 0.336 e. The molecule has 1 unspecified atom stereocenters. The maximum atomic E-state index is 12.5. The molecule has 0 radical (unpaired) electrons. The zero-order chi connectivity index (χ0) is 18.0. The van der Waals surface area contributed by atoms with Gasteiger partial charge in [-0.05, 0) is 37.5 Å². The molecule has 3 rings (SSSR count). The highest BCUT2D eigenvalue weighted by molar-refractivity contribution is 6.20. The van der Waals surface area contributed by atoms with Gasteiger partial charge in [-0.25, -0.2) is 4.79 Å². The van der Waals surface area contributed by atoms with Crippen molar-refractivity contribution in [1.29, 1.82) is 0 Å². The zero-order valence-corrected chi connectivity index (χ0v) is 14.2. The van der Waals surface area contributed by atoms with Crippen LogP contribution in [0.1, 0.15) is 45.2 Å². The summed E-state index contributed by atoms with van der Waals surface area (Å²) in [5.74, 6) is -2.19. The van der Waals surface area contributed by atoms with E-state index in [1.807, 2.05) is 38.1 Å². The first kappa shape index (κ1) is 16.9. The lowest BCUT2D eigenvalue weighted by molar-refractivity contribution is -0.173. The molecule has 0 aliphatic carbocycles. The van der Waals surface area contributed by atoms with E-state index in [0.29, 0.717) is 17.9 Å². The topological polar surface area (TPSA) is 63.7 Å². The highest BCUT2D eigenvalue weighted by Gasteiger charge is 2.39. The summed E-state index contributed by atoms with van der Waals surface area (Å²) >= 11 is 0. The number of carbonyl (C=O) groups excluding carboxylic acids is 3.